The summed E-state index contributed by atoms with van der Waals surface area (Å²) in [5.74, 6) is 0.0446. The van der Waals surface area contributed by atoms with Gasteiger partial charge in [0.25, 0.3) is 0 Å². The molecule has 1 aliphatic heterocycles. The molecule has 41 heavy (non-hydrogen) atoms. The minimum atomic E-state index is -0.377. The highest BCUT2D eigenvalue weighted by Gasteiger charge is 2.33. The topological polar surface area (TPSA) is 23.6 Å². The summed E-state index contributed by atoms with van der Waals surface area (Å²) in [4.78, 5) is 17.5. The van der Waals surface area contributed by atoms with Crippen LogP contribution in [0.15, 0.2) is 83.6 Å². The first-order valence-corrected chi connectivity index (χ1v) is 15.6. The third-order valence-electron chi connectivity index (χ3n) is 8.06. The molecule has 0 saturated carbocycles. The zero-order chi connectivity index (χ0) is 30.6. The Morgan fingerprint density at radius 3 is 2.41 bits per heavy atom. The van der Waals surface area contributed by atoms with Gasteiger partial charge in [-0.2, -0.15) is 0 Å². The summed E-state index contributed by atoms with van der Waals surface area (Å²) in [6.45, 7) is 25.7. The standard InChI is InChI=1S/C37H55FN2O/c1-10-13-14-19-28(4)34(12-3)35(30(6)40-25-24-39(27-29(40)5)36(41)37(7,8)9)32(18-11-2)22-16-15-20-31-21-17-23-33(38)26-31/h11-12,17-18,21,23,26,29H,2,4,10,13-16,19-20,22,24-25,27H2,1,3,5-9H3/b32-18-,34-12-,35-30-/t29-/m0/s1. The molecule has 0 radical (unpaired) electrons. The van der Waals surface area contributed by atoms with Gasteiger partial charge in [-0.25, -0.2) is 4.39 Å². The largest absolute Gasteiger partial charge is 0.368 e. The molecule has 3 nitrogen and oxygen atoms in total. The van der Waals surface area contributed by atoms with E-state index >= 15 is 0 Å². The van der Waals surface area contributed by atoms with Crippen molar-refractivity contribution < 1.29 is 9.18 Å². The summed E-state index contributed by atoms with van der Waals surface area (Å²) in [5, 5.41) is 0. The normalized spacial score (nSPS) is 17.4. The van der Waals surface area contributed by atoms with E-state index in [1.54, 1.807) is 12.1 Å². The molecule has 0 aliphatic carbocycles. The lowest BCUT2D eigenvalue weighted by atomic mass is 9.85. The fraction of sp³-hybridized carbons (Fsp3) is 0.541. The summed E-state index contributed by atoms with van der Waals surface area (Å²) < 4.78 is 13.7. The Labute approximate surface area is 250 Å². The van der Waals surface area contributed by atoms with E-state index in [9.17, 15) is 9.18 Å². The minimum Gasteiger partial charge on any atom is -0.368 e. The molecular formula is C37H55FN2O. The number of benzene rings is 1. The Kier molecular flexibility index (Phi) is 13.8. The first-order chi connectivity index (χ1) is 19.4. The van der Waals surface area contributed by atoms with E-state index in [0.29, 0.717) is 0 Å². The van der Waals surface area contributed by atoms with Crippen LogP contribution in [0.5, 0.6) is 0 Å². The Balaban J connectivity index is 2.38. The van der Waals surface area contributed by atoms with E-state index in [1.165, 1.54) is 46.9 Å². The van der Waals surface area contributed by atoms with E-state index < -0.39 is 0 Å². The lowest BCUT2D eigenvalue weighted by molar-refractivity contribution is -0.142. The van der Waals surface area contributed by atoms with Gasteiger partial charge < -0.3 is 9.80 Å². The molecule has 1 atom stereocenters. The highest BCUT2D eigenvalue weighted by molar-refractivity contribution is 5.81. The van der Waals surface area contributed by atoms with E-state index in [1.807, 2.05) is 37.8 Å². The molecule has 1 aromatic rings. The van der Waals surface area contributed by atoms with E-state index in [-0.39, 0.29) is 23.2 Å². The predicted octanol–water partition coefficient (Wildman–Crippen LogP) is 9.59. The van der Waals surface area contributed by atoms with Crippen LogP contribution in [0.25, 0.3) is 0 Å². The molecular weight excluding hydrogens is 507 g/mol. The highest BCUT2D eigenvalue weighted by Crippen LogP contribution is 2.36. The number of unbranched alkanes of at least 4 members (excludes halogenated alkanes) is 3. The maximum Gasteiger partial charge on any atom is 0.228 e. The Bertz CT molecular complexity index is 1130. The van der Waals surface area contributed by atoms with Crippen molar-refractivity contribution in [1.82, 2.24) is 9.80 Å². The molecule has 1 heterocycles. The van der Waals surface area contributed by atoms with Crippen LogP contribution < -0.4 is 0 Å². The van der Waals surface area contributed by atoms with Gasteiger partial charge in [-0.1, -0.05) is 84.1 Å². The number of amides is 1. The highest BCUT2D eigenvalue weighted by atomic mass is 19.1. The van der Waals surface area contributed by atoms with Gasteiger partial charge in [0.1, 0.15) is 5.82 Å². The zero-order valence-corrected chi connectivity index (χ0v) is 27.0. The second-order valence-corrected chi connectivity index (χ2v) is 12.5. The first kappa shape index (κ1) is 34.3. The van der Waals surface area contributed by atoms with Gasteiger partial charge >= 0.3 is 0 Å². The van der Waals surface area contributed by atoms with Crippen molar-refractivity contribution in [3.8, 4) is 0 Å². The summed E-state index contributed by atoms with van der Waals surface area (Å²) in [7, 11) is 0. The molecule has 0 bridgehead atoms. The Hall–Kier alpha value is -2.88. The van der Waals surface area contributed by atoms with Gasteiger partial charge in [-0.15, -0.1) is 0 Å². The van der Waals surface area contributed by atoms with Gasteiger partial charge in [-0.05, 0) is 93.7 Å². The minimum absolute atomic E-state index is 0.173. The van der Waals surface area contributed by atoms with Gasteiger partial charge in [0, 0.05) is 42.4 Å². The molecule has 1 saturated heterocycles. The van der Waals surface area contributed by atoms with Gasteiger partial charge in [0.05, 0.1) is 0 Å². The first-order valence-electron chi connectivity index (χ1n) is 15.6. The molecule has 0 aromatic heterocycles. The summed E-state index contributed by atoms with van der Waals surface area (Å²) in [5.41, 5.74) is 6.82. The number of carbonyl (C=O) groups is 1. The van der Waals surface area contributed by atoms with Crippen molar-refractivity contribution in [2.75, 3.05) is 19.6 Å². The molecule has 1 aromatic carbocycles. The van der Waals surface area contributed by atoms with Crippen molar-refractivity contribution in [2.24, 2.45) is 5.41 Å². The van der Waals surface area contributed by atoms with Crippen molar-refractivity contribution in [1.29, 1.82) is 0 Å². The van der Waals surface area contributed by atoms with E-state index in [4.69, 9.17) is 0 Å². The number of carbonyl (C=O) groups excluding carboxylic acids is 1. The van der Waals surface area contributed by atoms with Crippen molar-refractivity contribution in [2.45, 2.75) is 106 Å². The van der Waals surface area contributed by atoms with Gasteiger partial charge in [0.15, 0.2) is 0 Å². The lowest BCUT2D eigenvalue weighted by Crippen LogP contribution is -2.55. The maximum absolute atomic E-state index is 13.7. The van der Waals surface area contributed by atoms with Crippen LogP contribution in [-0.4, -0.2) is 41.4 Å². The third-order valence-corrected chi connectivity index (χ3v) is 8.06. The number of hydrogen-bond acceptors (Lipinski definition) is 2. The molecule has 1 amide bonds. The molecule has 226 valence electrons. The molecule has 4 heteroatoms. The van der Waals surface area contributed by atoms with Crippen LogP contribution in [0.2, 0.25) is 0 Å². The van der Waals surface area contributed by atoms with Crippen LogP contribution in [-0.2, 0) is 11.2 Å². The smallest absolute Gasteiger partial charge is 0.228 e. The van der Waals surface area contributed by atoms with Gasteiger partial charge in [0.2, 0.25) is 5.91 Å². The fourth-order valence-electron chi connectivity index (χ4n) is 5.88. The van der Waals surface area contributed by atoms with E-state index in [0.717, 1.165) is 63.7 Å². The Morgan fingerprint density at radius 1 is 1.12 bits per heavy atom. The van der Waals surface area contributed by atoms with Gasteiger partial charge in [-0.3, -0.25) is 4.79 Å². The summed E-state index contributed by atoms with van der Waals surface area (Å²) in [6.07, 6.45) is 14.5. The molecule has 1 fully saturated rings. The molecule has 0 spiro atoms. The number of aryl methyl sites for hydroxylation is 1. The maximum atomic E-state index is 13.7. The van der Waals surface area contributed by atoms with Crippen molar-refractivity contribution in [3.63, 3.8) is 0 Å². The number of rotatable bonds is 14. The molecule has 0 N–H and O–H groups in total. The van der Waals surface area contributed by atoms with Crippen LogP contribution >= 0.6 is 0 Å². The number of nitrogens with zero attached hydrogens (tertiary/aromatic N) is 2. The summed E-state index contributed by atoms with van der Waals surface area (Å²) >= 11 is 0. The molecule has 0 unspecified atom stereocenters. The van der Waals surface area contributed by atoms with Crippen LogP contribution in [0.1, 0.15) is 99.0 Å². The fourth-order valence-corrected chi connectivity index (χ4v) is 5.88. The zero-order valence-electron chi connectivity index (χ0n) is 27.0. The molecule has 2 rings (SSSR count). The number of halogens is 1. The van der Waals surface area contributed by atoms with E-state index in [2.05, 4.69) is 57.9 Å². The lowest BCUT2D eigenvalue weighted by Gasteiger charge is -2.44. The quantitative estimate of drug-likeness (QED) is 0.166. The van der Waals surface area contributed by atoms with Crippen LogP contribution in [0.3, 0.4) is 0 Å². The number of hydrogen-bond donors (Lipinski definition) is 0. The van der Waals surface area contributed by atoms with Crippen LogP contribution in [0.4, 0.5) is 4.39 Å². The second-order valence-electron chi connectivity index (χ2n) is 12.5. The monoisotopic (exact) mass is 562 g/mol. The Morgan fingerprint density at radius 2 is 1.83 bits per heavy atom. The molecule has 1 aliphatic rings. The number of allylic oxidation sites excluding steroid dienone is 8. The van der Waals surface area contributed by atoms with Crippen molar-refractivity contribution in [3.05, 3.63) is 95.0 Å². The van der Waals surface area contributed by atoms with Crippen molar-refractivity contribution >= 4 is 5.91 Å². The average Bonchev–Trinajstić information content (AvgIpc) is 2.92. The third kappa shape index (κ3) is 10.2. The SMILES string of the molecule is C=C\C=C(CCCCc1cccc(F)c1)/C(C(=C\C)/C(=C)CCCCC)=C(\C)N1CCN(C(=O)C(C)(C)C)C[C@@H]1C. The average molecular weight is 563 g/mol. The predicted molar refractivity (Wildman–Crippen MR) is 174 cm³/mol. The second kappa shape index (κ2) is 16.5. The number of piperazine rings is 1. The van der Waals surface area contributed by atoms with Crippen LogP contribution in [0, 0.1) is 11.2 Å². The summed E-state index contributed by atoms with van der Waals surface area (Å²) in [6, 6.07) is 7.13.